The lowest BCUT2D eigenvalue weighted by Gasteiger charge is -2.36. The van der Waals surface area contributed by atoms with Gasteiger partial charge in [-0.3, -0.25) is 9.79 Å². The number of carbonyl (C=O) groups excluding carboxylic acids is 2. The molecule has 4 nitrogen and oxygen atoms in total. The molecule has 26 heavy (non-hydrogen) atoms. The molecule has 2 atom stereocenters. The summed E-state index contributed by atoms with van der Waals surface area (Å²) in [6, 6.07) is 5.30. The average molecular weight is 394 g/mol. The molecule has 1 fully saturated rings. The molecule has 1 aliphatic heterocycles. The lowest BCUT2D eigenvalue weighted by Crippen LogP contribution is -2.39. The maximum absolute atomic E-state index is 12.8. The van der Waals surface area contributed by atoms with E-state index in [1.807, 2.05) is 13.0 Å². The minimum atomic E-state index is -0.508. The summed E-state index contributed by atoms with van der Waals surface area (Å²) in [6.07, 6.45) is 2.74. The van der Waals surface area contributed by atoms with Crippen molar-refractivity contribution in [3.05, 3.63) is 45.1 Å². The van der Waals surface area contributed by atoms with Gasteiger partial charge in [0.15, 0.2) is 0 Å². The van der Waals surface area contributed by atoms with Crippen LogP contribution in [0.2, 0.25) is 10.0 Å². The van der Waals surface area contributed by atoms with Gasteiger partial charge in [-0.15, -0.1) is 0 Å². The van der Waals surface area contributed by atoms with Crippen molar-refractivity contribution in [2.24, 2.45) is 10.9 Å². The molecule has 1 saturated carbocycles. The van der Waals surface area contributed by atoms with Gasteiger partial charge in [0.2, 0.25) is 0 Å². The topological polar surface area (TPSA) is 55.7 Å². The van der Waals surface area contributed by atoms with Crippen molar-refractivity contribution in [1.82, 2.24) is 0 Å². The monoisotopic (exact) mass is 393 g/mol. The van der Waals surface area contributed by atoms with E-state index in [9.17, 15) is 9.59 Å². The van der Waals surface area contributed by atoms with Crippen LogP contribution in [0.5, 0.6) is 0 Å². The Labute approximate surface area is 163 Å². The first kappa shape index (κ1) is 19.1. The summed E-state index contributed by atoms with van der Waals surface area (Å²) in [5, 5.41) is 0.766. The number of fused-ring (bicyclic) bond motifs is 1. The van der Waals surface area contributed by atoms with Crippen LogP contribution in [0.25, 0.3) is 0 Å². The number of ketones is 1. The largest absolute Gasteiger partial charge is 0.462 e. The van der Waals surface area contributed by atoms with Crippen molar-refractivity contribution in [2.45, 2.75) is 45.4 Å². The van der Waals surface area contributed by atoms with E-state index in [-0.39, 0.29) is 5.78 Å². The smallest absolute Gasteiger partial charge is 0.336 e. The number of ether oxygens (including phenoxy) is 1. The first-order chi connectivity index (χ1) is 12.5. The van der Waals surface area contributed by atoms with Gasteiger partial charge >= 0.3 is 5.97 Å². The summed E-state index contributed by atoms with van der Waals surface area (Å²) in [6.45, 7) is 4.04. The Balaban J connectivity index is 2.16. The zero-order chi connectivity index (χ0) is 18.8. The van der Waals surface area contributed by atoms with Crippen LogP contribution in [0, 0.1) is 5.92 Å². The number of carbonyl (C=O) groups is 2. The van der Waals surface area contributed by atoms with E-state index < -0.39 is 17.8 Å². The molecule has 1 heterocycles. The molecule has 0 bridgehead atoms. The fourth-order valence-corrected chi connectivity index (χ4v) is 4.18. The summed E-state index contributed by atoms with van der Waals surface area (Å²) in [4.78, 5) is 30.1. The van der Waals surface area contributed by atoms with Crippen LogP contribution in [-0.4, -0.2) is 24.1 Å². The minimum absolute atomic E-state index is 0.0873. The van der Waals surface area contributed by atoms with Crippen LogP contribution in [-0.2, 0) is 14.3 Å². The van der Waals surface area contributed by atoms with Gasteiger partial charge in [-0.1, -0.05) is 42.3 Å². The van der Waals surface area contributed by atoms with E-state index in [4.69, 9.17) is 27.9 Å². The Morgan fingerprint density at radius 2 is 2.04 bits per heavy atom. The molecule has 0 saturated heterocycles. The minimum Gasteiger partial charge on any atom is -0.462 e. The molecule has 3 rings (SSSR count). The fraction of sp³-hybridized carbons (Fsp3) is 0.450. The Bertz CT molecular complexity index is 813. The summed E-state index contributed by atoms with van der Waals surface area (Å²) in [5.74, 6) is -1.34. The SMILES string of the molecule is CCCOC(=O)C1=C(C)N=C2CCCC(=O)C2C1c1cccc(Cl)c1Cl. The van der Waals surface area contributed by atoms with Crippen molar-refractivity contribution < 1.29 is 14.3 Å². The molecule has 0 aromatic heterocycles. The normalized spacial score (nSPS) is 22.8. The molecule has 0 radical (unpaired) electrons. The standard InChI is InChI=1S/C20H21Cl2NO3/c1-3-10-26-20(25)16-11(2)23-14-8-5-9-15(24)18(14)17(16)12-6-4-7-13(21)19(12)22/h4,6-7,17-18H,3,5,8-10H2,1-2H3. The predicted molar refractivity (Wildman–Crippen MR) is 103 cm³/mol. The molecular formula is C20H21Cl2NO3. The summed E-state index contributed by atoms with van der Waals surface area (Å²) >= 11 is 12.7. The van der Waals surface area contributed by atoms with Crippen LogP contribution >= 0.6 is 23.2 Å². The Morgan fingerprint density at radius 3 is 2.77 bits per heavy atom. The Hall–Kier alpha value is -1.65. The lowest BCUT2D eigenvalue weighted by molar-refractivity contribution is -0.139. The van der Waals surface area contributed by atoms with E-state index >= 15 is 0 Å². The van der Waals surface area contributed by atoms with Crippen molar-refractivity contribution in [2.75, 3.05) is 6.61 Å². The molecule has 2 aliphatic rings. The molecule has 138 valence electrons. The first-order valence-electron chi connectivity index (χ1n) is 8.87. The summed E-state index contributed by atoms with van der Waals surface area (Å²) in [7, 11) is 0. The van der Waals surface area contributed by atoms with Gasteiger partial charge in [0.25, 0.3) is 0 Å². The summed E-state index contributed by atoms with van der Waals surface area (Å²) in [5.41, 5.74) is 2.50. The molecule has 2 unspecified atom stereocenters. The zero-order valence-electron chi connectivity index (χ0n) is 14.9. The lowest BCUT2D eigenvalue weighted by atomic mass is 9.69. The molecule has 0 spiro atoms. The molecule has 1 aromatic carbocycles. The highest BCUT2D eigenvalue weighted by Gasteiger charge is 2.44. The molecule has 0 N–H and O–H groups in total. The Morgan fingerprint density at radius 1 is 1.27 bits per heavy atom. The Kier molecular flexibility index (Phi) is 5.83. The second kappa shape index (κ2) is 7.93. The third kappa shape index (κ3) is 3.45. The van der Waals surface area contributed by atoms with Crippen LogP contribution < -0.4 is 0 Å². The number of hydrogen-bond donors (Lipinski definition) is 0. The van der Waals surface area contributed by atoms with Crippen LogP contribution in [0.15, 0.2) is 34.5 Å². The number of halogens is 2. The van der Waals surface area contributed by atoms with Gasteiger partial charge in [-0.25, -0.2) is 4.79 Å². The van der Waals surface area contributed by atoms with Crippen LogP contribution in [0.4, 0.5) is 0 Å². The van der Waals surface area contributed by atoms with Crippen molar-refractivity contribution in [3.8, 4) is 0 Å². The van der Waals surface area contributed by atoms with E-state index in [0.29, 0.717) is 39.9 Å². The third-order valence-corrected chi connectivity index (χ3v) is 5.71. The second-order valence-electron chi connectivity index (χ2n) is 6.66. The molecule has 6 heteroatoms. The number of hydrogen-bond acceptors (Lipinski definition) is 4. The highest BCUT2D eigenvalue weighted by atomic mass is 35.5. The molecule has 1 aliphatic carbocycles. The number of benzene rings is 1. The van der Waals surface area contributed by atoms with Crippen molar-refractivity contribution >= 4 is 40.7 Å². The second-order valence-corrected chi connectivity index (χ2v) is 7.44. The van der Waals surface area contributed by atoms with E-state index in [1.54, 1.807) is 19.1 Å². The van der Waals surface area contributed by atoms with Crippen LogP contribution in [0.3, 0.4) is 0 Å². The maximum atomic E-state index is 12.8. The first-order valence-corrected chi connectivity index (χ1v) is 9.63. The third-order valence-electron chi connectivity index (χ3n) is 4.88. The van der Waals surface area contributed by atoms with E-state index in [0.717, 1.165) is 25.0 Å². The quantitative estimate of drug-likeness (QED) is 0.666. The number of nitrogens with zero attached hydrogens (tertiary/aromatic N) is 1. The highest BCUT2D eigenvalue weighted by molar-refractivity contribution is 6.42. The number of esters is 1. The molecule has 1 aromatic rings. The van der Waals surface area contributed by atoms with Gasteiger partial charge in [0.1, 0.15) is 5.78 Å². The van der Waals surface area contributed by atoms with Gasteiger partial charge in [-0.2, -0.15) is 0 Å². The van der Waals surface area contributed by atoms with Gasteiger partial charge in [0, 0.05) is 23.7 Å². The van der Waals surface area contributed by atoms with Gasteiger partial charge in [-0.05, 0) is 37.8 Å². The maximum Gasteiger partial charge on any atom is 0.336 e. The molecular weight excluding hydrogens is 373 g/mol. The fourth-order valence-electron chi connectivity index (χ4n) is 3.75. The molecule has 0 amide bonds. The van der Waals surface area contributed by atoms with Gasteiger partial charge in [0.05, 0.1) is 28.1 Å². The zero-order valence-corrected chi connectivity index (χ0v) is 16.4. The highest BCUT2D eigenvalue weighted by Crippen LogP contribution is 2.46. The average Bonchev–Trinajstić information content (AvgIpc) is 2.61. The van der Waals surface area contributed by atoms with Crippen LogP contribution in [0.1, 0.15) is 51.0 Å². The van der Waals surface area contributed by atoms with Crippen molar-refractivity contribution in [1.29, 1.82) is 0 Å². The summed E-state index contributed by atoms with van der Waals surface area (Å²) < 4.78 is 5.38. The number of allylic oxidation sites excluding steroid dienone is 1. The van der Waals surface area contributed by atoms with E-state index in [2.05, 4.69) is 4.99 Å². The van der Waals surface area contributed by atoms with Gasteiger partial charge < -0.3 is 4.74 Å². The van der Waals surface area contributed by atoms with Crippen molar-refractivity contribution in [3.63, 3.8) is 0 Å². The number of Topliss-reactive ketones (excluding diaryl/α,β-unsaturated/α-hetero) is 1. The number of aliphatic imine (C=N–C) groups is 1. The predicted octanol–water partition coefficient (Wildman–Crippen LogP) is 5.13. The van der Waals surface area contributed by atoms with E-state index in [1.165, 1.54) is 0 Å². The number of rotatable bonds is 4.